The molecule has 0 spiro atoms. The van der Waals surface area contributed by atoms with E-state index in [4.69, 9.17) is 0 Å². The fraction of sp³-hybridized carbons (Fsp3) is 1.00. The summed E-state index contributed by atoms with van der Waals surface area (Å²) < 4.78 is 0. The fourth-order valence-corrected chi connectivity index (χ4v) is 2.37. The van der Waals surface area contributed by atoms with Crippen LogP contribution in [0.1, 0.15) is 52.4 Å². The van der Waals surface area contributed by atoms with E-state index in [1.807, 2.05) is 0 Å². The quantitative estimate of drug-likeness (QED) is 0.687. The van der Waals surface area contributed by atoms with Crippen LogP contribution in [0, 0.1) is 11.8 Å². The molecule has 0 aromatic heterocycles. The van der Waals surface area contributed by atoms with Crippen molar-refractivity contribution in [2.24, 2.45) is 11.8 Å². The Hall–Kier alpha value is -0.0400. The molecule has 0 aromatic carbocycles. The lowest BCUT2D eigenvalue weighted by molar-refractivity contribution is 0.0799. The van der Waals surface area contributed by atoms with Crippen LogP contribution in [0.5, 0.6) is 0 Å². The van der Waals surface area contributed by atoms with Crippen molar-refractivity contribution in [3.05, 3.63) is 0 Å². The molecule has 1 heteroatoms. The van der Waals surface area contributed by atoms with Gasteiger partial charge >= 0.3 is 0 Å². The average molecular weight is 170 g/mol. The molecule has 72 valence electrons. The largest absolute Gasteiger partial charge is 0.393 e. The van der Waals surface area contributed by atoms with Gasteiger partial charge in [-0.25, -0.2) is 0 Å². The number of hydrogen-bond donors (Lipinski definition) is 1. The second-order valence-electron chi connectivity index (χ2n) is 4.28. The average Bonchev–Trinajstić information content (AvgIpc) is 2.47. The van der Waals surface area contributed by atoms with E-state index < -0.39 is 0 Å². The van der Waals surface area contributed by atoms with Gasteiger partial charge in [0.15, 0.2) is 0 Å². The maximum Gasteiger partial charge on any atom is 0.0570 e. The van der Waals surface area contributed by atoms with Crippen LogP contribution in [0.2, 0.25) is 0 Å². The standard InChI is InChI=1S/C11H22O/c1-3-4-8-11(12)10-7-5-6-9(10)2/h9-12H,3-8H2,1-2H3/t9-,10-,11?/m1/s1. The maximum absolute atomic E-state index is 9.85. The zero-order valence-electron chi connectivity index (χ0n) is 8.42. The van der Waals surface area contributed by atoms with Crippen molar-refractivity contribution in [2.45, 2.75) is 58.5 Å². The van der Waals surface area contributed by atoms with Crippen molar-refractivity contribution in [3.8, 4) is 0 Å². The highest BCUT2D eigenvalue weighted by molar-refractivity contribution is 4.79. The molecule has 0 aromatic rings. The molecule has 1 aliphatic rings. The van der Waals surface area contributed by atoms with Gasteiger partial charge in [-0.2, -0.15) is 0 Å². The molecule has 0 heterocycles. The molecule has 1 nitrogen and oxygen atoms in total. The zero-order chi connectivity index (χ0) is 8.97. The van der Waals surface area contributed by atoms with E-state index in [-0.39, 0.29) is 6.10 Å². The third-order valence-corrected chi connectivity index (χ3v) is 3.28. The maximum atomic E-state index is 9.85. The summed E-state index contributed by atoms with van der Waals surface area (Å²) in [7, 11) is 0. The monoisotopic (exact) mass is 170 g/mol. The number of unbranched alkanes of at least 4 members (excludes halogenated alkanes) is 1. The minimum atomic E-state index is -0.0116. The van der Waals surface area contributed by atoms with E-state index >= 15 is 0 Å². The molecular weight excluding hydrogens is 148 g/mol. The molecular formula is C11H22O. The molecule has 1 N–H and O–H groups in total. The van der Waals surface area contributed by atoms with Gasteiger partial charge in [0, 0.05) is 0 Å². The lowest BCUT2D eigenvalue weighted by Crippen LogP contribution is -2.22. The van der Waals surface area contributed by atoms with Gasteiger partial charge in [0.1, 0.15) is 0 Å². The summed E-state index contributed by atoms with van der Waals surface area (Å²) in [6.45, 7) is 4.47. The number of hydrogen-bond acceptors (Lipinski definition) is 1. The number of rotatable bonds is 4. The van der Waals surface area contributed by atoms with Crippen molar-refractivity contribution >= 4 is 0 Å². The van der Waals surface area contributed by atoms with Crippen molar-refractivity contribution in [1.82, 2.24) is 0 Å². The molecule has 0 amide bonds. The van der Waals surface area contributed by atoms with E-state index in [9.17, 15) is 5.11 Å². The molecule has 1 aliphatic carbocycles. The van der Waals surface area contributed by atoms with Crippen molar-refractivity contribution < 1.29 is 5.11 Å². The number of aliphatic hydroxyl groups is 1. The van der Waals surface area contributed by atoms with E-state index in [1.54, 1.807) is 0 Å². The summed E-state index contributed by atoms with van der Waals surface area (Å²) in [6.07, 6.45) is 7.31. The first kappa shape index (κ1) is 10.0. The highest BCUT2D eigenvalue weighted by Gasteiger charge is 2.28. The topological polar surface area (TPSA) is 20.2 Å². The van der Waals surface area contributed by atoms with Crippen LogP contribution >= 0.6 is 0 Å². The first-order valence-electron chi connectivity index (χ1n) is 5.43. The Labute approximate surface area is 76.2 Å². The minimum Gasteiger partial charge on any atom is -0.393 e. The molecule has 1 rings (SSSR count). The van der Waals surface area contributed by atoms with Gasteiger partial charge in [-0.05, 0) is 24.7 Å². The van der Waals surface area contributed by atoms with Crippen molar-refractivity contribution in [3.63, 3.8) is 0 Å². The third-order valence-electron chi connectivity index (χ3n) is 3.28. The molecule has 0 saturated heterocycles. The Morgan fingerprint density at radius 3 is 2.67 bits per heavy atom. The Bertz CT molecular complexity index is 122. The summed E-state index contributed by atoms with van der Waals surface area (Å²) >= 11 is 0. The Morgan fingerprint density at radius 1 is 1.42 bits per heavy atom. The Balaban J connectivity index is 2.25. The first-order chi connectivity index (χ1) is 5.75. The molecule has 0 aliphatic heterocycles. The van der Waals surface area contributed by atoms with Gasteiger partial charge in [0.25, 0.3) is 0 Å². The van der Waals surface area contributed by atoms with E-state index in [0.717, 1.165) is 12.3 Å². The number of aliphatic hydroxyl groups excluding tert-OH is 1. The highest BCUT2D eigenvalue weighted by atomic mass is 16.3. The van der Waals surface area contributed by atoms with E-state index in [1.165, 1.54) is 32.1 Å². The second kappa shape index (κ2) is 4.86. The summed E-state index contributed by atoms with van der Waals surface area (Å²) in [4.78, 5) is 0. The van der Waals surface area contributed by atoms with Crippen LogP contribution in [0.4, 0.5) is 0 Å². The van der Waals surface area contributed by atoms with Crippen LogP contribution < -0.4 is 0 Å². The van der Waals surface area contributed by atoms with Gasteiger partial charge in [-0.3, -0.25) is 0 Å². The van der Waals surface area contributed by atoms with Crippen molar-refractivity contribution in [1.29, 1.82) is 0 Å². The lowest BCUT2D eigenvalue weighted by atomic mass is 9.89. The predicted octanol–water partition coefficient (Wildman–Crippen LogP) is 2.97. The van der Waals surface area contributed by atoms with Gasteiger partial charge in [-0.15, -0.1) is 0 Å². The van der Waals surface area contributed by atoms with Crippen LogP contribution in [0.15, 0.2) is 0 Å². The van der Waals surface area contributed by atoms with Gasteiger partial charge in [0.2, 0.25) is 0 Å². The van der Waals surface area contributed by atoms with Gasteiger partial charge in [-0.1, -0.05) is 39.5 Å². The molecule has 3 atom stereocenters. The molecule has 0 radical (unpaired) electrons. The minimum absolute atomic E-state index is 0.0116. The second-order valence-corrected chi connectivity index (χ2v) is 4.28. The normalized spacial score (nSPS) is 32.2. The molecule has 12 heavy (non-hydrogen) atoms. The fourth-order valence-electron chi connectivity index (χ4n) is 2.37. The Morgan fingerprint density at radius 2 is 2.17 bits per heavy atom. The van der Waals surface area contributed by atoms with Gasteiger partial charge in [0.05, 0.1) is 6.10 Å². The highest BCUT2D eigenvalue weighted by Crippen LogP contribution is 2.34. The summed E-state index contributed by atoms with van der Waals surface area (Å²) in [5.74, 6) is 1.37. The molecule has 1 fully saturated rings. The molecule has 1 unspecified atom stereocenters. The zero-order valence-corrected chi connectivity index (χ0v) is 8.42. The lowest BCUT2D eigenvalue weighted by Gasteiger charge is -2.21. The van der Waals surface area contributed by atoms with Crippen LogP contribution in [-0.2, 0) is 0 Å². The van der Waals surface area contributed by atoms with Crippen LogP contribution in [0.25, 0.3) is 0 Å². The predicted molar refractivity (Wildman–Crippen MR) is 52.0 cm³/mol. The third kappa shape index (κ3) is 2.48. The first-order valence-corrected chi connectivity index (χ1v) is 5.43. The summed E-state index contributed by atoms with van der Waals surface area (Å²) in [5, 5.41) is 9.85. The smallest absolute Gasteiger partial charge is 0.0570 e. The molecule has 0 bridgehead atoms. The van der Waals surface area contributed by atoms with Gasteiger partial charge < -0.3 is 5.11 Å². The van der Waals surface area contributed by atoms with Crippen LogP contribution in [-0.4, -0.2) is 11.2 Å². The van der Waals surface area contributed by atoms with E-state index in [2.05, 4.69) is 13.8 Å². The Kier molecular flexibility index (Phi) is 4.07. The SMILES string of the molecule is CCCCC(O)[C@@H]1CCC[C@H]1C. The van der Waals surface area contributed by atoms with Crippen LogP contribution in [0.3, 0.4) is 0 Å². The summed E-state index contributed by atoms with van der Waals surface area (Å²) in [5.41, 5.74) is 0. The molecule has 1 saturated carbocycles. The summed E-state index contributed by atoms with van der Waals surface area (Å²) in [6, 6.07) is 0. The van der Waals surface area contributed by atoms with E-state index in [0.29, 0.717) is 5.92 Å². The van der Waals surface area contributed by atoms with Crippen molar-refractivity contribution in [2.75, 3.05) is 0 Å².